The Kier molecular flexibility index (Phi) is 8.47. The molecule has 0 aliphatic carbocycles. The fourth-order valence-electron chi connectivity index (χ4n) is 4.61. The summed E-state index contributed by atoms with van der Waals surface area (Å²) in [5.74, 6) is -1.23. The van der Waals surface area contributed by atoms with Crippen LogP contribution >= 0.6 is 0 Å². The van der Waals surface area contributed by atoms with E-state index in [1.54, 1.807) is 24.7 Å². The normalized spacial score (nSPS) is 17.9. The largest absolute Gasteiger partial charge is 0.481 e. The number of hydrogen-bond acceptors (Lipinski definition) is 5. The second-order valence-corrected chi connectivity index (χ2v) is 9.77. The minimum absolute atomic E-state index is 0.160. The first-order valence-corrected chi connectivity index (χ1v) is 12.1. The molecular weight excluding hydrogens is 432 g/mol. The van der Waals surface area contributed by atoms with E-state index in [1.165, 1.54) is 17.1 Å². The third-order valence-electron chi connectivity index (χ3n) is 6.41. The highest BCUT2D eigenvalue weighted by molar-refractivity contribution is 5.81. The standard InChI is InChI=1S/C26H36N4O4/c1-17(2)11-23(30-10-8-18(3)12-24(30)31)26(34)28-22(14-25(32)33)20-13-21(16-27-15-20)29-9-6-5-7-19(29)4/h8,10,12-13,15-17,19,22-23H,5-7,9,11,14H2,1-4H3,(H,28,34)(H,32,33). The van der Waals surface area contributed by atoms with Crippen LogP contribution in [0, 0.1) is 12.8 Å². The number of pyridine rings is 2. The van der Waals surface area contributed by atoms with E-state index in [-0.39, 0.29) is 23.8 Å². The lowest BCUT2D eigenvalue weighted by molar-refractivity contribution is -0.138. The molecule has 2 aromatic rings. The summed E-state index contributed by atoms with van der Waals surface area (Å²) < 4.78 is 1.43. The molecule has 0 radical (unpaired) electrons. The number of carboxylic acids is 1. The summed E-state index contributed by atoms with van der Waals surface area (Å²) in [7, 11) is 0. The van der Waals surface area contributed by atoms with Crippen LogP contribution in [0.1, 0.15) is 76.1 Å². The molecule has 2 N–H and O–H groups in total. The van der Waals surface area contributed by atoms with Crippen molar-refractivity contribution in [3.05, 3.63) is 58.3 Å². The summed E-state index contributed by atoms with van der Waals surface area (Å²) in [6.45, 7) is 8.91. The number of amides is 1. The maximum absolute atomic E-state index is 13.4. The average molecular weight is 469 g/mol. The molecule has 8 heteroatoms. The molecule has 3 atom stereocenters. The lowest BCUT2D eigenvalue weighted by atomic mass is 9.99. The molecule has 1 saturated heterocycles. The summed E-state index contributed by atoms with van der Waals surface area (Å²) >= 11 is 0. The minimum Gasteiger partial charge on any atom is -0.481 e. The van der Waals surface area contributed by atoms with E-state index in [2.05, 4.69) is 22.1 Å². The highest BCUT2D eigenvalue weighted by Gasteiger charge is 2.28. The van der Waals surface area contributed by atoms with Crippen LogP contribution in [0.4, 0.5) is 5.69 Å². The lowest BCUT2D eigenvalue weighted by Crippen LogP contribution is -2.40. The van der Waals surface area contributed by atoms with E-state index >= 15 is 0 Å². The monoisotopic (exact) mass is 468 g/mol. The van der Waals surface area contributed by atoms with Crippen molar-refractivity contribution in [2.24, 2.45) is 5.92 Å². The van der Waals surface area contributed by atoms with Gasteiger partial charge in [0.05, 0.1) is 24.3 Å². The molecule has 8 nitrogen and oxygen atoms in total. The molecule has 1 amide bonds. The number of nitrogens with one attached hydrogen (secondary N) is 1. The Morgan fingerprint density at radius 2 is 2.00 bits per heavy atom. The Hall–Kier alpha value is -3.16. The number of carboxylic acid groups (broad SMARTS) is 1. The van der Waals surface area contributed by atoms with E-state index in [0.717, 1.165) is 30.6 Å². The van der Waals surface area contributed by atoms with Crippen LogP contribution in [-0.4, -0.2) is 39.1 Å². The Morgan fingerprint density at radius 3 is 2.65 bits per heavy atom. The van der Waals surface area contributed by atoms with Crippen molar-refractivity contribution in [2.75, 3.05) is 11.4 Å². The van der Waals surface area contributed by atoms with Gasteiger partial charge in [-0.25, -0.2) is 0 Å². The van der Waals surface area contributed by atoms with Crippen LogP contribution in [0.15, 0.2) is 41.6 Å². The minimum atomic E-state index is -1.02. The van der Waals surface area contributed by atoms with Gasteiger partial charge in [0.2, 0.25) is 5.91 Å². The molecule has 3 rings (SSSR count). The van der Waals surface area contributed by atoms with Crippen molar-refractivity contribution >= 4 is 17.6 Å². The summed E-state index contributed by atoms with van der Waals surface area (Å²) in [5.41, 5.74) is 2.15. The molecule has 1 fully saturated rings. The zero-order valence-corrected chi connectivity index (χ0v) is 20.5. The summed E-state index contributed by atoms with van der Waals surface area (Å²) in [6, 6.07) is 4.11. The SMILES string of the molecule is Cc1ccn(C(CC(C)C)C(=O)NC(CC(=O)O)c2cncc(N3CCCCC3C)c2)c(=O)c1. The molecule has 1 aliphatic heterocycles. The van der Waals surface area contributed by atoms with Crippen molar-refractivity contribution in [3.63, 3.8) is 0 Å². The number of aryl methyl sites for hydroxylation is 1. The van der Waals surface area contributed by atoms with E-state index < -0.39 is 18.1 Å². The van der Waals surface area contributed by atoms with Gasteiger partial charge in [0.25, 0.3) is 5.56 Å². The van der Waals surface area contributed by atoms with Crippen molar-refractivity contribution < 1.29 is 14.7 Å². The van der Waals surface area contributed by atoms with E-state index in [0.29, 0.717) is 18.0 Å². The van der Waals surface area contributed by atoms with Crippen molar-refractivity contribution in [1.82, 2.24) is 14.9 Å². The van der Waals surface area contributed by atoms with Crippen LogP contribution < -0.4 is 15.8 Å². The van der Waals surface area contributed by atoms with Gasteiger partial charge in [-0.1, -0.05) is 13.8 Å². The van der Waals surface area contributed by atoms with Crippen LogP contribution in [0.3, 0.4) is 0 Å². The molecule has 0 spiro atoms. The van der Waals surface area contributed by atoms with Crippen molar-refractivity contribution in [3.8, 4) is 0 Å². The number of aliphatic carboxylic acids is 1. The molecule has 184 valence electrons. The second-order valence-electron chi connectivity index (χ2n) is 9.77. The third kappa shape index (κ3) is 6.46. The van der Waals surface area contributed by atoms with Crippen molar-refractivity contribution in [1.29, 1.82) is 0 Å². The van der Waals surface area contributed by atoms with Gasteiger partial charge >= 0.3 is 5.97 Å². The fraction of sp³-hybridized carbons (Fsp3) is 0.538. The highest BCUT2D eigenvalue weighted by atomic mass is 16.4. The van der Waals surface area contributed by atoms with Gasteiger partial charge in [-0.2, -0.15) is 0 Å². The molecule has 3 unspecified atom stereocenters. The number of anilines is 1. The number of carbonyl (C=O) groups excluding carboxylic acids is 1. The molecule has 0 aromatic carbocycles. The smallest absolute Gasteiger partial charge is 0.305 e. The Labute approximate surface area is 201 Å². The summed E-state index contributed by atoms with van der Waals surface area (Å²) in [6.07, 6.45) is 8.62. The number of nitrogens with zero attached hydrogens (tertiary/aromatic N) is 3. The van der Waals surface area contributed by atoms with Gasteiger partial charge in [0, 0.05) is 31.0 Å². The molecule has 3 heterocycles. The molecule has 2 aromatic heterocycles. The zero-order valence-electron chi connectivity index (χ0n) is 20.5. The highest BCUT2D eigenvalue weighted by Crippen LogP contribution is 2.28. The molecule has 34 heavy (non-hydrogen) atoms. The molecule has 0 bridgehead atoms. The van der Waals surface area contributed by atoms with Crippen LogP contribution in [0.25, 0.3) is 0 Å². The second kappa shape index (κ2) is 11.3. The first kappa shape index (κ1) is 25.5. The van der Waals surface area contributed by atoms with Gasteiger partial charge in [-0.15, -0.1) is 0 Å². The van der Waals surface area contributed by atoms with Crippen molar-refractivity contribution in [2.45, 2.75) is 77.9 Å². The predicted octanol–water partition coefficient (Wildman–Crippen LogP) is 3.85. The van der Waals surface area contributed by atoms with Gasteiger partial charge in [0.15, 0.2) is 0 Å². The van der Waals surface area contributed by atoms with Crippen LogP contribution in [0.5, 0.6) is 0 Å². The number of rotatable bonds is 9. The third-order valence-corrected chi connectivity index (χ3v) is 6.41. The predicted molar refractivity (Wildman–Crippen MR) is 132 cm³/mol. The Morgan fingerprint density at radius 1 is 1.24 bits per heavy atom. The molecule has 1 aliphatic rings. The van der Waals surface area contributed by atoms with Gasteiger partial charge in [0.1, 0.15) is 6.04 Å². The lowest BCUT2D eigenvalue weighted by Gasteiger charge is -2.35. The van der Waals surface area contributed by atoms with Crippen LogP contribution in [-0.2, 0) is 9.59 Å². The molecular formula is C26H36N4O4. The van der Waals surface area contributed by atoms with E-state index in [9.17, 15) is 19.5 Å². The quantitative estimate of drug-likeness (QED) is 0.579. The number of aromatic nitrogens is 2. The number of hydrogen-bond donors (Lipinski definition) is 2. The van der Waals surface area contributed by atoms with Gasteiger partial charge in [-0.05, 0) is 68.7 Å². The van der Waals surface area contributed by atoms with Gasteiger partial charge in [-0.3, -0.25) is 19.4 Å². The van der Waals surface area contributed by atoms with Gasteiger partial charge < -0.3 is 19.9 Å². The van der Waals surface area contributed by atoms with Crippen LogP contribution in [0.2, 0.25) is 0 Å². The molecule has 0 saturated carbocycles. The topological polar surface area (TPSA) is 105 Å². The Bertz CT molecular complexity index is 1060. The maximum atomic E-state index is 13.4. The first-order chi connectivity index (χ1) is 16.2. The Balaban J connectivity index is 1.90. The number of carbonyl (C=O) groups is 2. The van der Waals surface area contributed by atoms with E-state index in [4.69, 9.17) is 0 Å². The summed E-state index contributed by atoms with van der Waals surface area (Å²) in [4.78, 5) is 44.4. The maximum Gasteiger partial charge on any atom is 0.305 e. The fourth-order valence-corrected chi connectivity index (χ4v) is 4.61. The number of piperidine rings is 1. The van der Waals surface area contributed by atoms with E-state index in [1.807, 2.05) is 26.8 Å². The summed E-state index contributed by atoms with van der Waals surface area (Å²) in [5, 5.41) is 12.5. The first-order valence-electron chi connectivity index (χ1n) is 12.1. The average Bonchev–Trinajstić information content (AvgIpc) is 2.77. The zero-order chi connectivity index (χ0) is 24.8.